The number of hydrogen-bond acceptors (Lipinski definition) is 3. The highest BCUT2D eigenvalue weighted by Crippen LogP contribution is 2.33. The highest BCUT2D eigenvalue weighted by atomic mass is 32.2. The molecule has 0 fully saturated rings. The zero-order valence-corrected chi connectivity index (χ0v) is 14.2. The van der Waals surface area contributed by atoms with Crippen molar-refractivity contribution < 1.29 is 18.0 Å². The molecule has 0 aliphatic rings. The summed E-state index contributed by atoms with van der Waals surface area (Å²) in [7, 11) is 0. The summed E-state index contributed by atoms with van der Waals surface area (Å²) in [6, 6.07) is 4.73. The fourth-order valence-electron chi connectivity index (χ4n) is 2.10. The summed E-state index contributed by atoms with van der Waals surface area (Å²) in [5.74, 6) is -0.613. The predicted molar refractivity (Wildman–Crippen MR) is 89.5 cm³/mol. The van der Waals surface area contributed by atoms with Crippen LogP contribution in [0.5, 0.6) is 0 Å². The maximum atomic E-state index is 13.0. The van der Waals surface area contributed by atoms with Gasteiger partial charge in [0.15, 0.2) is 0 Å². The molecule has 2 aromatic rings. The van der Waals surface area contributed by atoms with Gasteiger partial charge in [0.2, 0.25) is 0 Å². The van der Waals surface area contributed by atoms with Crippen molar-refractivity contribution in [1.82, 2.24) is 10.3 Å². The number of fused-ring (bicyclic) bond motifs is 1. The molecule has 0 saturated heterocycles. The Hall–Kier alpha value is -1.96. The highest BCUT2D eigenvalue weighted by molar-refractivity contribution is 7.99. The van der Waals surface area contributed by atoms with Crippen LogP contribution in [0.25, 0.3) is 10.9 Å². The van der Waals surface area contributed by atoms with Gasteiger partial charge in [-0.3, -0.25) is 9.59 Å². The molecule has 1 amide bonds. The fourth-order valence-corrected chi connectivity index (χ4v) is 2.31. The third kappa shape index (κ3) is 3.92. The summed E-state index contributed by atoms with van der Waals surface area (Å²) in [4.78, 5) is 26.4. The minimum Gasteiger partial charge on any atom is -0.350 e. The SMILES string of the molecule is CSC(C)(C)CNC(=O)c1cc2cccc(C(F)(F)F)c2[nH]c1=O. The molecule has 24 heavy (non-hydrogen) atoms. The van der Waals surface area contributed by atoms with E-state index >= 15 is 0 Å². The number of para-hydroxylation sites is 1. The lowest BCUT2D eigenvalue weighted by atomic mass is 10.1. The number of pyridine rings is 1. The Morgan fingerprint density at radius 1 is 1.29 bits per heavy atom. The largest absolute Gasteiger partial charge is 0.418 e. The Balaban J connectivity index is 2.42. The number of aromatic nitrogens is 1. The molecule has 130 valence electrons. The molecule has 0 aliphatic heterocycles. The van der Waals surface area contributed by atoms with Crippen LogP contribution in [0.3, 0.4) is 0 Å². The monoisotopic (exact) mass is 358 g/mol. The maximum absolute atomic E-state index is 13.0. The fraction of sp³-hybridized carbons (Fsp3) is 0.375. The first kappa shape index (κ1) is 18.4. The van der Waals surface area contributed by atoms with Gasteiger partial charge in [0.05, 0.1) is 11.1 Å². The van der Waals surface area contributed by atoms with Gasteiger partial charge in [-0.1, -0.05) is 12.1 Å². The van der Waals surface area contributed by atoms with Crippen molar-refractivity contribution in [2.45, 2.75) is 24.8 Å². The standard InChI is InChI=1S/C16H17F3N2O2S/c1-15(2,24-3)8-20-13(22)10-7-9-5-4-6-11(16(17,18)19)12(9)21-14(10)23/h4-7H,8H2,1-3H3,(H,20,22)(H,21,23). The minimum absolute atomic E-state index is 0.152. The van der Waals surface area contributed by atoms with E-state index in [1.165, 1.54) is 18.2 Å². The normalized spacial score (nSPS) is 12.4. The third-order valence-corrected chi connectivity index (χ3v) is 4.91. The van der Waals surface area contributed by atoms with Gasteiger partial charge in [-0.2, -0.15) is 24.9 Å². The van der Waals surface area contributed by atoms with Gasteiger partial charge in [0.1, 0.15) is 5.56 Å². The first-order chi connectivity index (χ1) is 11.0. The van der Waals surface area contributed by atoms with Crippen molar-refractivity contribution in [1.29, 1.82) is 0 Å². The summed E-state index contributed by atoms with van der Waals surface area (Å²) < 4.78 is 38.8. The van der Waals surface area contributed by atoms with Crippen molar-refractivity contribution >= 4 is 28.6 Å². The Kier molecular flexibility index (Phi) is 4.98. The van der Waals surface area contributed by atoms with Gasteiger partial charge >= 0.3 is 6.18 Å². The van der Waals surface area contributed by atoms with Gasteiger partial charge in [0, 0.05) is 11.3 Å². The summed E-state index contributed by atoms with van der Waals surface area (Å²) in [5, 5.41) is 2.79. The number of alkyl halides is 3. The molecule has 2 N–H and O–H groups in total. The van der Waals surface area contributed by atoms with E-state index in [1.54, 1.807) is 11.8 Å². The number of amides is 1. The number of halogens is 3. The quantitative estimate of drug-likeness (QED) is 0.880. The van der Waals surface area contributed by atoms with Crippen LogP contribution >= 0.6 is 11.8 Å². The van der Waals surface area contributed by atoms with Gasteiger partial charge in [0.25, 0.3) is 11.5 Å². The summed E-state index contributed by atoms with van der Waals surface area (Å²) in [6.45, 7) is 4.18. The molecule has 1 aromatic heterocycles. The molecule has 0 atom stereocenters. The van der Waals surface area contributed by atoms with Crippen molar-refractivity contribution in [3.8, 4) is 0 Å². The lowest BCUT2D eigenvalue weighted by Crippen LogP contribution is -2.38. The first-order valence-corrected chi connectivity index (χ1v) is 8.34. The summed E-state index contributed by atoms with van der Waals surface area (Å²) in [5.41, 5.74) is -2.32. The van der Waals surface area contributed by atoms with Crippen LogP contribution in [-0.4, -0.2) is 28.4 Å². The van der Waals surface area contributed by atoms with E-state index in [9.17, 15) is 22.8 Å². The Morgan fingerprint density at radius 3 is 2.54 bits per heavy atom. The van der Waals surface area contributed by atoms with Gasteiger partial charge in [-0.25, -0.2) is 0 Å². The van der Waals surface area contributed by atoms with Crippen LogP contribution in [0.4, 0.5) is 13.2 Å². The van der Waals surface area contributed by atoms with Crippen molar-refractivity contribution in [2.75, 3.05) is 12.8 Å². The number of nitrogens with one attached hydrogen (secondary N) is 2. The number of rotatable bonds is 4. The molecule has 8 heteroatoms. The molecule has 0 aliphatic carbocycles. The number of carbonyl (C=O) groups excluding carboxylic acids is 1. The van der Waals surface area contributed by atoms with E-state index < -0.39 is 23.2 Å². The Labute approximate surface area is 140 Å². The highest BCUT2D eigenvalue weighted by Gasteiger charge is 2.33. The van der Waals surface area contributed by atoms with Crippen LogP contribution in [0.1, 0.15) is 29.8 Å². The molecule has 0 saturated carbocycles. The minimum atomic E-state index is -4.59. The second-order valence-electron chi connectivity index (χ2n) is 5.93. The molecule has 0 radical (unpaired) electrons. The lowest BCUT2D eigenvalue weighted by Gasteiger charge is -2.22. The summed E-state index contributed by atoms with van der Waals surface area (Å²) in [6.07, 6.45) is -2.69. The first-order valence-electron chi connectivity index (χ1n) is 7.12. The molecular weight excluding hydrogens is 341 g/mol. The number of thioether (sulfide) groups is 1. The molecule has 0 bridgehead atoms. The maximum Gasteiger partial charge on any atom is 0.418 e. The van der Waals surface area contributed by atoms with E-state index in [2.05, 4.69) is 10.3 Å². The number of H-pyrrole nitrogens is 1. The van der Waals surface area contributed by atoms with Crippen LogP contribution < -0.4 is 10.9 Å². The topological polar surface area (TPSA) is 62.0 Å². The smallest absolute Gasteiger partial charge is 0.350 e. The number of carbonyl (C=O) groups is 1. The van der Waals surface area contributed by atoms with E-state index in [0.29, 0.717) is 6.54 Å². The molecule has 2 rings (SSSR count). The van der Waals surface area contributed by atoms with Crippen molar-refractivity contribution in [3.63, 3.8) is 0 Å². The lowest BCUT2D eigenvalue weighted by molar-refractivity contribution is -0.136. The second-order valence-corrected chi connectivity index (χ2v) is 7.44. The van der Waals surface area contributed by atoms with E-state index in [4.69, 9.17) is 0 Å². The molecule has 0 unspecified atom stereocenters. The van der Waals surface area contributed by atoms with E-state index in [0.717, 1.165) is 6.07 Å². The molecule has 4 nitrogen and oxygen atoms in total. The van der Waals surface area contributed by atoms with Crippen molar-refractivity contribution in [2.24, 2.45) is 0 Å². The van der Waals surface area contributed by atoms with Crippen LogP contribution in [-0.2, 0) is 6.18 Å². The van der Waals surface area contributed by atoms with Crippen LogP contribution in [0.15, 0.2) is 29.1 Å². The average molecular weight is 358 g/mol. The molecule has 1 aromatic carbocycles. The Bertz CT molecular complexity index is 828. The second kappa shape index (κ2) is 6.51. The summed E-state index contributed by atoms with van der Waals surface area (Å²) >= 11 is 1.55. The van der Waals surface area contributed by atoms with E-state index in [1.807, 2.05) is 20.1 Å². The van der Waals surface area contributed by atoms with Gasteiger partial charge in [-0.15, -0.1) is 0 Å². The van der Waals surface area contributed by atoms with E-state index in [-0.39, 0.29) is 21.2 Å². The third-order valence-electron chi connectivity index (χ3n) is 3.66. The average Bonchev–Trinajstić information content (AvgIpc) is 2.50. The zero-order valence-electron chi connectivity index (χ0n) is 13.4. The molecular formula is C16H17F3N2O2S. The number of aromatic amines is 1. The van der Waals surface area contributed by atoms with Gasteiger partial charge in [-0.05, 0) is 37.6 Å². The zero-order chi connectivity index (χ0) is 18.1. The molecule has 1 heterocycles. The van der Waals surface area contributed by atoms with Crippen LogP contribution in [0, 0.1) is 0 Å². The molecule has 0 spiro atoms. The Morgan fingerprint density at radius 2 is 1.96 bits per heavy atom. The van der Waals surface area contributed by atoms with Crippen LogP contribution in [0.2, 0.25) is 0 Å². The predicted octanol–water partition coefficient (Wildman–Crippen LogP) is 3.42. The number of benzene rings is 1. The van der Waals surface area contributed by atoms with Gasteiger partial charge < -0.3 is 10.3 Å². The number of hydrogen-bond donors (Lipinski definition) is 2. The van der Waals surface area contributed by atoms with Crippen molar-refractivity contribution in [3.05, 3.63) is 45.7 Å².